The molecule has 0 amide bonds. The summed E-state index contributed by atoms with van der Waals surface area (Å²) in [5, 5.41) is 0. The number of halogens is 2. The second-order valence-electron chi connectivity index (χ2n) is 4.24. The van der Waals surface area contributed by atoms with E-state index in [0.29, 0.717) is 23.4 Å². The van der Waals surface area contributed by atoms with Crippen LogP contribution < -0.4 is 4.90 Å². The van der Waals surface area contributed by atoms with Crippen molar-refractivity contribution in [2.24, 2.45) is 0 Å². The Labute approximate surface area is 120 Å². The van der Waals surface area contributed by atoms with Crippen molar-refractivity contribution >= 4 is 21.7 Å². The zero-order chi connectivity index (χ0) is 13.8. The van der Waals surface area contributed by atoms with Gasteiger partial charge in [0.05, 0.1) is 12.2 Å². The normalized spacial score (nSPS) is 10.5. The number of hydrogen-bond acceptors (Lipinski definition) is 3. The van der Waals surface area contributed by atoms with Crippen molar-refractivity contribution in [1.29, 1.82) is 0 Å². The van der Waals surface area contributed by atoms with E-state index in [9.17, 15) is 4.39 Å². The van der Waals surface area contributed by atoms with Crippen LogP contribution in [-0.2, 0) is 6.54 Å². The molecule has 2 aromatic heterocycles. The van der Waals surface area contributed by atoms with Gasteiger partial charge in [0.15, 0.2) is 11.6 Å². The van der Waals surface area contributed by atoms with Crippen LogP contribution in [0.5, 0.6) is 0 Å². The number of aryl methyl sites for hydroxylation is 1. The van der Waals surface area contributed by atoms with E-state index in [-0.39, 0.29) is 5.82 Å². The molecule has 2 heterocycles. The van der Waals surface area contributed by atoms with Crippen LogP contribution in [0.3, 0.4) is 0 Å². The average Bonchev–Trinajstić information content (AvgIpc) is 2.37. The Morgan fingerprint density at radius 1 is 1.37 bits per heavy atom. The minimum absolute atomic E-state index is 0.330. The first kappa shape index (κ1) is 13.9. The van der Waals surface area contributed by atoms with E-state index in [4.69, 9.17) is 0 Å². The molecule has 0 saturated heterocycles. The maximum absolute atomic E-state index is 13.9. The lowest BCUT2D eigenvalue weighted by molar-refractivity contribution is 0.607. The maximum Gasteiger partial charge on any atom is 0.166 e. The molecule has 0 bridgehead atoms. The van der Waals surface area contributed by atoms with Crippen LogP contribution in [0.1, 0.15) is 18.3 Å². The molecule has 5 heteroatoms. The van der Waals surface area contributed by atoms with Crippen LogP contribution in [0, 0.1) is 12.7 Å². The number of aromatic nitrogens is 2. The molecular weight excluding hydrogens is 309 g/mol. The molecule has 0 aliphatic carbocycles. The van der Waals surface area contributed by atoms with Gasteiger partial charge in [-0.15, -0.1) is 0 Å². The van der Waals surface area contributed by atoms with Crippen LogP contribution in [0.25, 0.3) is 0 Å². The molecule has 0 aliphatic rings. The third-order valence-electron chi connectivity index (χ3n) is 2.77. The summed E-state index contributed by atoms with van der Waals surface area (Å²) < 4.78 is 14.6. The lowest BCUT2D eigenvalue weighted by Crippen LogP contribution is -2.24. The van der Waals surface area contributed by atoms with E-state index in [1.54, 1.807) is 6.20 Å². The van der Waals surface area contributed by atoms with Crippen molar-refractivity contribution in [3.8, 4) is 0 Å². The Bertz CT molecular complexity index is 574. The van der Waals surface area contributed by atoms with Gasteiger partial charge in [-0.25, -0.2) is 9.37 Å². The van der Waals surface area contributed by atoms with E-state index < -0.39 is 0 Å². The van der Waals surface area contributed by atoms with Gasteiger partial charge in [-0.2, -0.15) is 0 Å². The smallest absolute Gasteiger partial charge is 0.166 e. The molecule has 0 spiro atoms. The topological polar surface area (TPSA) is 29.0 Å². The Morgan fingerprint density at radius 2 is 2.16 bits per heavy atom. The summed E-state index contributed by atoms with van der Waals surface area (Å²) in [5.41, 5.74) is 1.86. The lowest BCUT2D eigenvalue weighted by atomic mass is 10.3. The van der Waals surface area contributed by atoms with Crippen LogP contribution in [0.4, 0.5) is 10.2 Å². The highest BCUT2D eigenvalue weighted by atomic mass is 79.9. The first-order chi connectivity index (χ1) is 9.10. The number of nitrogens with zero attached hydrogens (tertiary/aromatic N) is 3. The summed E-state index contributed by atoms with van der Waals surface area (Å²) in [6.45, 7) is 5.13. The second-order valence-corrected chi connectivity index (χ2v) is 5.16. The van der Waals surface area contributed by atoms with E-state index in [0.717, 1.165) is 11.4 Å². The molecule has 0 N–H and O–H groups in total. The molecule has 0 atom stereocenters. The summed E-state index contributed by atoms with van der Waals surface area (Å²) in [6.07, 6.45) is 1.60. The third-order valence-corrected chi connectivity index (χ3v) is 3.20. The summed E-state index contributed by atoms with van der Waals surface area (Å²) >= 11 is 3.21. The van der Waals surface area contributed by atoms with Crippen molar-refractivity contribution < 1.29 is 4.39 Å². The van der Waals surface area contributed by atoms with Crippen molar-refractivity contribution in [1.82, 2.24) is 9.97 Å². The van der Waals surface area contributed by atoms with Gasteiger partial charge >= 0.3 is 0 Å². The Kier molecular flexibility index (Phi) is 4.47. The molecule has 2 aromatic rings. The molecule has 0 radical (unpaired) electrons. The van der Waals surface area contributed by atoms with E-state index >= 15 is 0 Å². The largest absolute Gasteiger partial charge is 0.349 e. The first-order valence-electron chi connectivity index (χ1n) is 6.08. The second kappa shape index (κ2) is 6.10. The maximum atomic E-state index is 13.9. The van der Waals surface area contributed by atoms with Gasteiger partial charge in [-0.05, 0) is 48.0 Å². The van der Waals surface area contributed by atoms with Crippen molar-refractivity contribution in [3.63, 3.8) is 0 Å². The molecule has 0 aliphatic heterocycles. The van der Waals surface area contributed by atoms with E-state index in [1.807, 2.05) is 36.9 Å². The van der Waals surface area contributed by atoms with Gasteiger partial charge in [-0.1, -0.05) is 6.07 Å². The van der Waals surface area contributed by atoms with Gasteiger partial charge in [0.1, 0.15) is 0 Å². The number of anilines is 1. The molecule has 0 fully saturated rings. The van der Waals surface area contributed by atoms with Crippen LogP contribution in [0.15, 0.2) is 34.9 Å². The van der Waals surface area contributed by atoms with Crippen molar-refractivity contribution in [2.45, 2.75) is 20.4 Å². The highest BCUT2D eigenvalue weighted by molar-refractivity contribution is 9.10. The minimum Gasteiger partial charge on any atom is -0.349 e. The predicted octanol–water partition coefficient (Wildman–Crippen LogP) is 3.71. The summed E-state index contributed by atoms with van der Waals surface area (Å²) in [6, 6.07) is 7.26. The Morgan fingerprint density at radius 3 is 2.79 bits per heavy atom. The van der Waals surface area contributed by atoms with Gasteiger partial charge < -0.3 is 4.90 Å². The molecule has 2 rings (SSSR count). The van der Waals surface area contributed by atoms with Gasteiger partial charge in [0.25, 0.3) is 0 Å². The molecule has 0 saturated carbocycles. The van der Waals surface area contributed by atoms with E-state index in [1.165, 1.54) is 6.07 Å². The molecule has 100 valence electrons. The van der Waals surface area contributed by atoms with Crippen LogP contribution >= 0.6 is 15.9 Å². The molecular formula is C14H15BrFN3. The van der Waals surface area contributed by atoms with Crippen LogP contribution in [0.2, 0.25) is 0 Å². The van der Waals surface area contributed by atoms with Gasteiger partial charge in [-0.3, -0.25) is 4.98 Å². The molecule has 3 nitrogen and oxygen atoms in total. The number of rotatable bonds is 4. The molecule has 19 heavy (non-hydrogen) atoms. The fourth-order valence-electron chi connectivity index (χ4n) is 1.86. The quantitative estimate of drug-likeness (QED) is 0.858. The Hall–Kier alpha value is -1.49. The summed E-state index contributed by atoms with van der Waals surface area (Å²) in [4.78, 5) is 10.4. The highest BCUT2D eigenvalue weighted by Crippen LogP contribution is 2.21. The van der Waals surface area contributed by atoms with Crippen molar-refractivity contribution in [3.05, 3.63) is 52.1 Å². The van der Waals surface area contributed by atoms with E-state index in [2.05, 4.69) is 25.9 Å². The van der Waals surface area contributed by atoms with Crippen molar-refractivity contribution in [2.75, 3.05) is 11.4 Å². The molecule has 0 unspecified atom stereocenters. The van der Waals surface area contributed by atoms with Gasteiger partial charge in [0.2, 0.25) is 0 Å². The molecule has 0 aromatic carbocycles. The number of hydrogen-bond donors (Lipinski definition) is 0. The van der Waals surface area contributed by atoms with Crippen LogP contribution in [-0.4, -0.2) is 16.5 Å². The monoisotopic (exact) mass is 323 g/mol. The minimum atomic E-state index is -0.330. The average molecular weight is 324 g/mol. The fourth-order valence-corrected chi connectivity index (χ4v) is 2.16. The standard InChI is InChI=1S/C14H15BrFN3/c1-3-19(9-12-6-4-5-10(2)18-12)14-13(16)7-11(15)8-17-14/h4-8H,3,9H2,1-2H3. The SMILES string of the molecule is CCN(Cc1cccc(C)n1)c1ncc(Br)cc1F. The first-order valence-corrected chi connectivity index (χ1v) is 6.88. The lowest BCUT2D eigenvalue weighted by Gasteiger charge is -2.22. The zero-order valence-electron chi connectivity index (χ0n) is 10.9. The fraction of sp³-hybridized carbons (Fsp3) is 0.286. The predicted molar refractivity (Wildman–Crippen MR) is 77.6 cm³/mol. The van der Waals surface area contributed by atoms with Gasteiger partial charge in [0, 0.05) is 22.9 Å². The third kappa shape index (κ3) is 3.50. The number of pyridine rings is 2. The Balaban J connectivity index is 2.25. The summed E-state index contributed by atoms with van der Waals surface area (Å²) in [5.74, 6) is 0.0258. The highest BCUT2D eigenvalue weighted by Gasteiger charge is 2.13. The summed E-state index contributed by atoms with van der Waals surface area (Å²) in [7, 11) is 0. The zero-order valence-corrected chi connectivity index (χ0v) is 12.5.